The number of hydrogen-bond acceptors (Lipinski definition) is 9. The first-order valence-electron chi connectivity index (χ1n) is 8.62. The molecule has 150 valence electrons. The zero-order valence-corrected chi connectivity index (χ0v) is 15.5. The molecule has 1 saturated heterocycles. The second-order valence-corrected chi connectivity index (χ2v) is 6.32. The number of anilines is 1. The van der Waals surface area contributed by atoms with Gasteiger partial charge in [-0.05, 0) is 0 Å². The zero-order chi connectivity index (χ0) is 20.4. The standard InChI is InChI=1S/C17H21N5O6/c1-4-5-21-12-7-19-16(18)20-14(12)22(17(21)25)15-13(27-10(3)24)6-11(28-15)8-26-9(2)23/h4,7,11,13,15H,1,5-6,8H2,2-3H3,(H2,18,19,20)/t11-,13+,15+/m0/s1. The maximum absolute atomic E-state index is 13.0. The van der Waals surface area contributed by atoms with Crippen LogP contribution < -0.4 is 11.4 Å². The summed E-state index contributed by atoms with van der Waals surface area (Å²) in [6.45, 7) is 6.39. The SMILES string of the molecule is C=CCn1c(=O)n([C@@H]2O[C@H](COC(C)=O)C[C@H]2OC(C)=O)c2nc(N)ncc21. The highest BCUT2D eigenvalue weighted by molar-refractivity contribution is 5.72. The van der Waals surface area contributed by atoms with Crippen LogP contribution in [-0.2, 0) is 30.3 Å². The largest absolute Gasteiger partial charge is 0.463 e. The van der Waals surface area contributed by atoms with Crippen molar-refractivity contribution in [3.63, 3.8) is 0 Å². The van der Waals surface area contributed by atoms with Gasteiger partial charge in [-0.2, -0.15) is 4.98 Å². The first kappa shape index (κ1) is 19.5. The van der Waals surface area contributed by atoms with Gasteiger partial charge in [-0.3, -0.25) is 14.2 Å². The van der Waals surface area contributed by atoms with E-state index in [1.54, 1.807) is 6.08 Å². The van der Waals surface area contributed by atoms with Crippen molar-refractivity contribution in [2.75, 3.05) is 12.3 Å². The van der Waals surface area contributed by atoms with E-state index in [-0.39, 0.29) is 31.2 Å². The van der Waals surface area contributed by atoms with Gasteiger partial charge in [0.05, 0.1) is 12.3 Å². The Bertz CT molecular complexity index is 980. The third kappa shape index (κ3) is 3.74. The molecule has 3 atom stereocenters. The van der Waals surface area contributed by atoms with E-state index in [2.05, 4.69) is 16.5 Å². The minimum Gasteiger partial charge on any atom is -0.463 e. The van der Waals surface area contributed by atoms with Gasteiger partial charge >= 0.3 is 17.6 Å². The molecule has 1 fully saturated rings. The van der Waals surface area contributed by atoms with Crippen LogP contribution in [0, 0.1) is 0 Å². The summed E-state index contributed by atoms with van der Waals surface area (Å²) < 4.78 is 18.9. The molecule has 11 nitrogen and oxygen atoms in total. The monoisotopic (exact) mass is 391 g/mol. The molecular weight excluding hydrogens is 370 g/mol. The molecule has 0 radical (unpaired) electrons. The van der Waals surface area contributed by atoms with Gasteiger partial charge in [0.2, 0.25) is 5.95 Å². The summed E-state index contributed by atoms with van der Waals surface area (Å²) >= 11 is 0. The number of nitrogens with zero attached hydrogens (tertiary/aromatic N) is 4. The Balaban J connectivity index is 2.07. The summed E-state index contributed by atoms with van der Waals surface area (Å²) in [6.07, 6.45) is 0.963. The van der Waals surface area contributed by atoms with Gasteiger partial charge in [0.1, 0.15) is 18.2 Å². The van der Waals surface area contributed by atoms with Crippen molar-refractivity contribution >= 4 is 29.1 Å². The van der Waals surface area contributed by atoms with Crippen LogP contribution >= 0.6 is 0 Å². The highest BCUT2D eigenvalue weighted by atomic mass is 16.6. The van der Waals surface area contributed by atoms with Gasteiger partial charge in [-0.25, -0.2) is 14.3 Å². The number of hydrogen-bond donors (Lipinski definition) is 1. The van der Waals surface area contributed by atoms with E-state index in [1.807, 2.05) is 0 Å². The first-order chi connectivity index (χ1) is 13.3. The van der Waals surface area contributed by atoms with Gasteiger partial charge in [0, 0.05) is 26.8 Å². The summed E-state index contributed by atoms with van der Waals surface area (Å²) in [7, 11) is 0. The number of carbonyl (C=O) groups excluding carboxylic acids is 2. The fourth-order valence-electron chi connectivity index (χ4n) is 3.19. The molecule has 0 bridgehead atoms. The van der Waals surface area contributed by atoms with Crippen molar-refractivity contribution in [2.24, 2.45) is 0 Å². The number of allylic oxidation sites excluding steroid dienone is 1. The van der Waals surface area contributed by atoms with Crippen LogP contribution in [0.4, 0.5) is 5.95 Å². The Hall–Kier alpha value is -3.21. The Kier molecular flexibility index (Phi) is 5.45. The molecule has 0 aromatic carbocycles. The van der Waals surface area contributed by atoms with Crippen molar-refractivity contribution < 1.29 is 23.8 Å². The number of esters is 2. The Labute approximate surface area is 159 Å². The lowest BCUT2D eigenvalue weighted by atomic mass is 10.2. The summed E-state index contributed by atoms with van der Waals surface area (Å²) in [5.41, 5.74) is 5.94. The van der Waals surface area contributed by atoms with Crippen molar-refractivity contribution in [1.29, 1.82) is 0 Å². The summed E-state index contributed by atoms with van der Waals surface area (Å²) in [5, 5.41) is 0. The average molecular weight is 391 g/mol. The molecule has 0 spiro atoms. The Morgan fingerprint density at radius 2 is 2.18 bits per heavy atom. The Morgan fingerprint density at radius 3 is 2.82 bits per heavy atom. The van der Waals surface area contributed by atoms with E-state index in [9.17, 15) is 14.4 Å². The van der Waals surface area contributed by atoms with Crippen LogP contribution in [0.1, 0.15) is 26.5 Å². The van der Waals surface area contributed by atoms with E-state index < -0.39 is 36.1 Å². The lowest BCUT2D eigenvalue weighted by Gasteiger charge is -2.19. The van der Waals surface area contributed by atoms with Crippen molar-refractivity contribution in [3.8, 4) is 0 Å². The molecule has 28 heavy (non-hydrogen) atoms. The van der Waals surface area contributed by atoms with Gasteiger partial charge < -0.3 is 19.9 Å². The molecule has 2 N–H and O–H groups in total. The molecule has 1 aliphatic heterocycles. The van der Waals surface area contributed by atoms with Crippen LogP contribution in [0.25, 0.3) is 11.2 Å². The smallest absolute Gasteiger partial charge is 0.332 e. The van der Waals surface area contributed by atoms with E-state index in [4.69, 9.17) is 19.9 Å². The highest BCUT2D eigenvalue weighted by Crippen LogP contribution is 2.33. The predicted octanol–water partition coefficient (Wildman–Crippen LogP) is 0.144. The van der Waals surface area contributed by atoms with Crippen molar-refractivity contribution in [3.05, 3.63) is 29.3 Å². The van der Waals surface area contributed by atoms with Crippen LogP contribution in [0.3, 0.4) is 0 Å². The fraction of sp³-hybridized carbons (Fsp3) is 0.471. The molecule has 0 saturated carbocycles. The zero-order valence-electron chi connectivity index (χ0n) is 15.5. The minimum absolute atomic E-state index is 0.0181. The predicted molar refractivity (Wildman–Crippen MR) is 97.1 cm³/mol. The molecule has 3 heterocycles. The summed E-state index contributed by atoms with van der Waals surface area (Å²) in [4.78, 5) is 43.8. The number of nitrogens with two attached hydrogens (primary N) is 1. The number of imidazole rings is 1. The van der Waals surface area contributed by atoms with E-state index in [0.29, 0.717) is 5.52 Å². The van der Waals surface area contributed by atoms with Gasteiger partial charge in [0.25, 0.3) is 0 Å². The van der Waals surface area contributed by atoms with Gasteiger partial charge in [0.15, 0.2) is 11.9 Å². The van der Waals surface area contributed by atoms with E-state index in [1.165, 1.54) is 29.2 Å². The highest BCUT2D eigenvalue weighted by Gasteiger charge is 2.41. The van der Waals surface area contributed by atoms with Crippen molar-refractivity contribution in [1.82, 2.24) is 19.1 Å². The van der Waals surface area contributed by atoms with Crippen LogP contribution in [0.5, 0.6) is 0 Å². The molecule has 2 aromatic rings. The van der Waals surface area contributed by atoms with Crippen molar-refractivity contribution in [2.45, 2.75) is 45.2 Å². The first-order valence-corrected chi connectivity index (χ1v) is 8.62. The second-order valence-electron chi connectivity index (χ2n) is 6.32. The quantitative estimate of drug-likeness (QED) is 0.538. The lowest BCUT2D eigenvalue weighted by Crippen LogP contribution is -2.33. The third-order valence-corrected chi connectivity index (χ3v) is 4.23. The second kappa shape index (κ2) is 7.80. The minimum atomic E-state index is -0.958. The maximum Gasteiger partial charge on any atom is 0.332 e. The third-order valence-electron chi connectivity index (χ3n) is 4.23. The molecule has 0 unspecified atom stereocenters. The van der Waals surface area contributed by atoms with E-state index in [0.717, 1.165) is 0 Å². The number of carbonyl (C=O) groups is 2. The van der Waals surface area contributed by atoms with Gasteiger partial charge in [-0.1, -0.05) is 6.08 Å². The Morgan fingerprint density at radius 1 is 1.43 bits per heavy atom. The topological polar surface area (TPSA) is 141 Å². The fourth-order valence-corrected chi connectivity index (χ4v) is 3.19. The van der Waals surface area contributed by atoms with E-state index >= 15 is 0 Å². The normalized spacial score (nSPS) is 21.6. The number of nitrogen functional groups attached to an aromatic ring is 1. The average Bonchev–Trinajstić information content (AvgIpc) is 3.11. The van der Waals surface area contributed by atoms with Crippen LogP contribution in [0.2, 0.25) is 0 Å². The lowest BCUT2D eigenvalue weighted by molar-refractivity contribution is -0.153. The molecular formula is C17H21N5O6. The number of rotatable bonds is 6. The molecule has 3 rings (SSSR count). The molecule has 11 heteroatoms. The number of ether oxygens (including phenoxy) is 3. The summed E-state index contributed by atoms with van der Waals surface area (Å²) in [6, 6.07) is 0. The molecule has 1 aliphatic rings. The molecule has 0 amide bonds. The number of aromatic nitrogens is 4. The van der Waals surface area contributed by atoms with Crippen LogP contribution in [-0.4, -0.2) is 49.9 Å². The maximum atomic E-state index is 13.0. The van der Waals surface area contributed by atoms with Crippen LogP contribution in [0.15, 0.2) is 23.6 Å². The summed E-state index contributed by atoms with van der Waals surface area (Å²) in [5.74, 6) is -1.00. The molecule has 0 aliphatic carbocycles. The van der Waals surface area contributed by atoms with Gasteiger partial charge in [-0.15, -0.1) is 6.58 Å². The molecule has 2 aromatic heterocycles. The number of fused-ring (bicyclic) bond motifs is 1.